The van der Waals surface area contributed by atoms with Gasteiger partial charge in [0.05, 0.1) is 0 Å². The highest BCUT2D eigenvalue weighted by molar-refractivity contribution is 5.76. The first-order chi connectivity index (χ1) is 11.1. The van der Waals surface area contributed by atoms with Gasteiger partial charge in [-0.2, -0.15) is 0 Å². The van der Waals surface area contributed by atoms with E-state index in [2.05, 4.69) is 16.8 Å². The van der Waals surface area contributed by atoms with Crippen molar-refractivity contribution in [3.63, 3.8) is 0 Å². The van der Waals surface area contributed by atoms with Gasteiger partial charge in [-0.05, 0) is 5.56 Å². The molecule has 0 radical (unpaired) electrons. The minimum absolute atomic E-state index is 0.0538. The van der Waals surface area contributed by atoms with Crippen LogP contribution >= 0.6 is 0 Å². The van der Waals surface area contributed by atoms with Gasteiger partial charge in [0.15, 0.2) is 0 Å². The van der Waals surface area contributed by atoms with E-state index in [9.17, 15) is 4.79 Å². The highest BCUT2D eigenvalue weighted by atomic mass is 16.4. The molecule has 23 heavy (non-hydrogen) atoms. The van der Waals surface area contributed by atoms with Crippen molar-refractivity contribution >= 4 is 5.91 Å². The summed E-state index contributed by atoms with van der Waals surface area (Å²) < 4.78 is 5.54. The molecule has 0 aliphatic heterocycles. The summed E-state index contributed by atoms with van der Waals surface area (Å²) in [7, 11) is 0. The maximum absolute atomic E-state index is 12.4. The van der Waals surface area contributed by atoms with E-state index in [-0.39, 0.29) is 11.8 Å². The van der Waals surface area contributed by atoms with Gasteiger partial charge in [-0.25, -0.2) is 0 Å². The molecule has 0 N–H and O–H groups in total. The van der Waals surface area contributed by atoms with E-state index in [0.29, 0.717) is 37.7 Å². The van der Waals surface area contributed by atoms with Gasteiger partial charge < -0.3 is 9.32 Å². The van der Waals surface area contributed by atoms with Crippen molar-refractivity contribution in [1.29, 1.82) is 0 Å². The summed E-state index contributed by atoms with van der Waals surface area (Å²) in [5.74, 6) is 1.38. The fourth-order valence-corrected chi connectivity index (χ4v) is 2.19. The van der Waals surface area contributed by atoms with Gasteiger partial charge in [-0.15, -0.1) is 16.8 Å². The van der Waals surface area contributed by atoms with Crippen LogP contribution in [0.2, 0.25) is 0 Å². The van der Waals surface area contributed by atoms with Gasteiger partial charge in [0, 0.05) is 31.8 Å². The zero-order valence-corrected chi connectivity index (χ0v) is 13.7. The average molecular weight is 313 g/mol. The van der Waals surface area contributed by atoms with Gasteiger partial charge in [-0.1, -0.05) is 50.3 Å². The molecule has 5 heteroatoms. The van der Waals surface area contributed by atoms with Crippen LogP contribution in [-0.4, -0.2) is 27.5 Å². The zero-order chi connectivity index (χ0) is 16.7. The van der Waals surface area contributed by atoms with E-state index in [4.69, 9.17) is 4.42 Å². The molecule has 0 bridgehead atoms. The fraction of sp³-hybridized carbons (Fsp3) is 0.389. The average Bonchev–Trinajstić information content (AvgIpc) is 3.02. The lowest BCUT2D eigenvalue weighted by Gasteiger charge is -2.21. The van der Waals surface area contributed by atoms with Crippen molar-refractivity contribution in [1.82, 2.24) is 15.1 Å². The number of rotatable bonds is 8. The summed E-state index contributed by atoms with van der Waals surface area (Å²) in [5.41, 5.74) is 1.10. The van der Waals surface area contributed by atoms with Crippen LogP contribution in [0, 0.1) is 0 Å². The fourth-order valence-electron chi connectivity index (χ4n) is 2.19. The van der Waals surface area contributed by atoms with E-state index in [1.165, 1.54) is 0 Å². The monoisotopic (exact) mass is 313 g/mol. The molecule has 0 aliphatic rings. The lowest BCUT2D eigenvalue weighted by molar-refractivity contribution is -0.131. The lowest BCUT2D eigenvalue weighted by Crippen LogP contribution is -2.30. The molecule has 5 nitrogen and oxygen atoms in total. The predicted molar refractivity (Wildman–Crippen MR) is 88.8 cm³/mol. The van der Waals surface area contributed by atoms with Gasteiger partial charge in [-0.3, -0.25) is 4.79 Å². The number of benzene rings is 1. The molecule has 1 aromatic carbocycles. The molecule has 0 spiro atoms. The topological polar surface area (TPSA) is 59.2 Å². The Morgan fingerprint density at radius 1 is 1.30 bits per heavy atom. The Labute approximate surface area is 137 Å². The summed E-state index contributed by atoms with van der Waals surface area (Å²) in [5, 5.41) is 7.98. The summed E-state index contributed by atoms with van der Waals surface area (Å²) in [6, 6.07) is 9.92. The molecular weight excluding hydrogens is 290 g/mol. The SMILES string of the molecule is C=CCN(Cc1ccccc1)C(=O)CCc1nnc(C(C)C)o1. The number of carbonyl (C=O) groups excluding carboxylic acids is 1. The first-order valence-corrected chi connectivity index (χ1v) is 7.85. The molecule has 2 rings (SSSR count). The van der Waals surface area contributed by atoms with Crippen LogP contribution in [0.1, 0.15) is 43.5 Å². The van der Waals surface area contributed by atoms with Gasteiger partial charge >= 0.3 is 0 Å². The van der Waals surface area contributed by atoms with E-state index in [1.807, 2.05) is 44.2 Å². The molecule has 122 valence electrons. The first-order valence-electron chi connectivity index (χ1n) is 7.85. The minimum atomic E-state index is 0.0538. The van der Waals surface area contributed by atoms with E-state index in [1.54, 1.807) is 11.0 Å². The summed E-state index contributed by atoms with van der Waals surface area (Å²) in [6.45, 7) is 8.82. The number of hydrogen-bond donors (Lipinski definition) is 0. The van der Waals surface area contributed by atoms with E-state index >= 15 is 0 Å². The number of carbonyl (C=O) groups is 1. The van der Waals surface area contributed by atoms with Crippen molar-refractivity contribution in [2.45, 2.75) is 39.2 Å². The van der Waals surface area contributed by atoms with E-state index in [0.717, 1.165) is 5.56 Å². The second kappa shape index (κ2) is 8.27. The number of aromatic nitrogens is 2. The highest BCUT2D eigenvalue weighted by Crippen LogP contribution is 2.14. The van der Waals surface area contributed by atoms with Gasteiger partial charge in [0.1, 0.15) is 0 Å². The van der Waals surface area contributed by atoms with Crippen molar-refractivity contribution in [2.24, 2.45) is 0 Å². The molecule has 0 aliphatic carbocycles. The number of aryl methyl sites for hydroxylation is 1. The molecule has 0 fully saturated rings. The van der Waals surface area contributed by atoms with Crippen molar-refractivity contribution in [2.75, 3.05) is 6.54 Å². The molecule has 1 aromatic heterocycles. The van der Waals surface area contributed by atoms with Crippen LogP contribution in [0.25, 0.3) is 0 Å². The Bertz CT molecular complexity index is 635. The smallest absolute Gasteiger partial charge is 0.223 e. The third-order valence-electron chi connectivity index (χ3n) is 3.45. The predicted octanol–water partition coefficient (Wildman–Crippen LogP) is 3.34. The van der Waals surface area contributed by atoms with Crippen molar-refractivity contribution in [3.8, 4) is 0 Å². The highest BCUT2D eigenvalue weighted by Gasteiger charge is 2.15. The molecule has 0 atom stereocenters. The molecule has 0 saturated carbocycles. The van der Waals surface area contributed by atoms with Crippen LogP contribution < -0.4 is 0 Å². The largest absolute Gasteiger partial charge is 0.425 e. The Hall–Kier alpha value is -2.43. The number of hydrogen-bond acceptors (Lipinski definition) is 4. The quantitative estimate of drug-likeness (QED) is 0.701. The Morgan fingerprint density at radius 3 is 2.65 bits per heavy atom. The van der Waals surface area contributed by atoms with E-state index < -0.39 is 0 Å². The number of nitrogens with zero attached hydrogens (tertiary/aromatic N) is 3. The second-order valence-corrected chi connectivity index (χ2v) is 5.74. The molecule has 0 saturated heterocycles. The normalized spacial score (nSPS) is 10.7. The molecule has 1 amide bonds. The standard InChI is InChI=1S/C18H23N3O2/c1-4-12-21(13-15-8-6-5-7-9-15)17(22)11-10-16-19-20-18(23-16)14(2)3/h4-9,14H,1,10-13H2,2-3H3. The Morgan fingerprint density at radius 2 is 2.04 bits per heavy atom. The third-order valence-corrected chi connectivity index (χ3v) is 3.45. The number of amides is 1. The maximum atomic E-state index is 12.4. The molecular formula is C18H23N3O2. The molecule has 1 heterocycles. The zero-order valence-electron chi connectivity index (χ0n) is 13.7. The first kappa shape index (κ1) is 16.9. The summed E-state index contributed by atoms with van der Waals surface area (Å²) in [6.07, 6.45) is 2.55. The lowest BCUT2D eigenvalue weighted by atomic mass is 10.2. The van der Waals surface area contributed by atoms with Crippen LogP contribution in [0.3, 0.4) is 0 Å². The minimum Gasteiger partial charge on any atom is -0.425 e. The van der Waals surface area contributed by atoms with Crippen LogP contribution in [0.15, 0.2) is 47.4 Å². The summed E-state index contributed by atoms with van der Waals surface area (Å²) >= 11 is 0. The van der Waals surface area contributed by atoms with Gasteiger partial charge in [0.2, 0.25) is 17.7 Å². The Balaban J connectivity index is 1.93. The summed E-state index contributed by atoms with van der Waals surface area (Å²) in [4.78, 5) is 14.2. The second-order valence-electron chi connectivity index (χ2n) is 5.74. The third kappa shape index (κ3) is 5.06. The van der Waals surface area contributed by atoms with Crippen LogP contribution in [0.4, 0.5) is 0 Å². The molecule has 2 aromatic rings. The van der Waals surface area contributed by atoms with Crippen LogP contribution in [0.5, 0.6) is 0 Å². The van der Waals surface area contributed by atoms with Gasteiger partial charge in [0.25, 0.3) is 0 Å². The van der Waals surface area contributed by atoms with Crippen LogP contribution in [-0.2, 0) is 17.8 Å². The van der Waals surface area contributed by atoms with Crippen molar-refractivity contribution in [3.05, 3.63) is 60.3 Å². The maximum Gasteiger partial charge on any atom is 0.223 e. The van der Waals surface area contributed by atoms with Crippen molar-refractivity contribution < 1.29 is 9.21 Å². The Kier molecular flexibility index (Phi) is 6.09. The molecule has 0 unspecified atom stereocenters.